The molecule has 22 heavy (non-hydrogen) atoms. The molecular formula is C19H26O3. The van der Waals surface area contributed by atoms with Crippen LogP contribution in [0, 0.1) is 11.8 Å². The fourth-order valence-electron chi connectivity index (χ4n) is 4.49. The molecule has 1 saturated carbocycles. The summed E-state index contributed by atoms with van der Waals surface area (Å²) in [6.45, 7) is 8.55. The number of rotatable bonds is 1. The summed E-state index contributed by atoms with van der Waals surface area (Å²) in [5.41, 5.74) is 1.76. The van der Waals surface area contributed by atoms with Crippen molar-refractivity contribution in [3.05, 3.63) is 23.3 Å². The predicted molar refractivity (Wildman–Crippen MR) is 86.3 cm³/mol. The van der Waals surface area contributed by atoms with Crippen LogP contribution in [0.4, 0.5) is 0 Å². The highest BCUT2D eigenvalue weighted by Gasteiger charge is 2.46. The van der Waals surface area contributed by atoms with Crippen LogP contribution in [0.25, 0.3) is 0 Å². The van der Waals surface area contributed by atoms with E-state index in [1.54, 1.807) is 0 Å². The topological polar surface area (TPSA) is 46.5 Å². The molecule has 0 aromatic heterocycles. The number of ether oxygens (including phenoxy) is 1. The monoisotopic (exact) mass is 302 g/mol. The maximum Gasteiger partial charge on any atom is 0.311 e. The van der Waals surface area contributed by atoms with Gasteiger partial charge in [0.25, 0.3) is 0 Å². The summed E-state index contributed by atoms with van der Waals surface area (Å²) in [5.74, 6) is 1.84. The highest BCUT2D eigenvalue weighted by molar-refractivity contribution is 5.75. The fraction of sp³-hybridized carbons (Fsp3) is 0.632. The minimum atomic E-state index is -0.135. The number of hydrogen-bond acceptors (Lipinski definition) is 3. The molecule has 1 aromatic carbocycles. The number of hydrogen-bond donors (Lipinski definition) is 1. The van der Waals surface area contributed by atoms with Crippen LogP contribution in [-0.4, -0.2) is 11.1 Å². The molecule has 3 rings (SSSR count). The van der Waals surface area contributed by atoms with Gasteiger partial charge in [0, 0.05) is 17.5 Å². The Morgan fingerprint density at radius 2 is 2.09 bits per heavy atom. The molecule has 1 aromatic rings. The molecule has 3 heteroatoms. The third-order valence-electron chi connectivity index (χ3n) is 5.84. The van der Waals surface area contributed by atoms with Gasteiger partial charge in [-0.15, -0.1) is 0 Å². The van der Waals surface area contributed by atoms with E-state index in [-0.39, 0.29) is 17.3 Å². The van der Waals surface area contributed by atoms with E-state index in [1.807, 2.05) is 26.0 Å². The number of phenolic OH excluding ortho intramolecular Hbond substituents is 1. The number of fused-ring (bicyclic) bond motifs is 3. The van der Waals surface area contributed by atoms with Crippen molar-refractivity contribution in [3.63, 3.8) is 0 Å². The van der Waals surface area contributed by atoms with Crippen molar-refractivity contribution in [3.8, 4) is 11.5 Å². The molecule has 0 radical (unpaired) electrons. The van der Waals surface area contributed by atoms with Crippen LogP contribution in [0.3, 0.4) is 0 Å². The van der Waals surface area contributed by atoms with E-state index in [2.05, 4.69) is 13.8 Å². The first-order valence-corrected chi connectivity index (χ1v) is 8.41. The fourth-order valence-corrected chi connectivity index (χ4v) is 4.49. The summed E-state index contributed by atoms with van der Waals surface area (Å²) in [6, 6.07) is 3.73. The zero-order valence-corrected chi connectivity index (χ0v) is 14.0. The first kappa shape index (κ1) is 15.4. The Hall–Kier alpha value is -1.51. The van der Waals surface area contributed by atoms with Gasteiger partial charge in [0.1, 0.15) is 11.5 Å². The number of carbonyl (C=O) groups is 1. The highest BCUT2D eigenvalue weighted by atomic mass is 16.5. The van der Waals surface area contributed by atoms with Crippen LogP contribution in [-0.2, 0) is 10.2 Å². The number of esters is 1. The molecule has 1 aliphatic carbocycles. The lowest BCUT2D eigenvalue weighted by Crippen LogP contribution is -2.39. The summed E-state index contributed by atoms with van der Waals surface area (Å²) in [7, 11) is 0. The minimum absolute atomic E-state index is 0.0911. The number of benzene rings is 1. The first-order chi connectivity index (χ1) is 10.3. The second-order valence-electron chi connectivity index (χ2n) is 7.63. The van der Waals surface area contributed by atoms with E-state index in [4.69, 9.17) is 4.74 Å². The average molecular weight is 302 g/mol. The molecule has 1 aliphatic heterocycles. The normalized spacial score (nSPS) is 31.2. The first-order valence-electron chi connectivity index (χ1n) is 8.41. The molecule has 3 atom stereocenters. The summed E-state index contributed by atoms with van der Waals surface area (Å²) in [4.78, 5) is 12.3. The van der Waals surface area contributed by atoms with Gasteiger partial charge < -0.3 is 9.84 Å². The van der Waals surface area contributed by atoms with Gasteiger partial charge in [0.15, 0.2) is 0 Å². The van der Waals surface area contributed by atoms with Crippen molar-refractivity contribution >= 4 is 5.97 Å². The molecular weight excluding hydrogens is 276 g/mol. The molecule has 3 unspecified atom stereocenters. The van der Waals surface area contributed by atoms with Crippen molar-refractivity contribution in [2.24, 2.45) is 11.8 Å². The van der Waals surface area contributed by atoms with Crippen LogP contribution in [0.2, 0.25) is 0 Å². The van der Waals surface area contributed by atoms with Crippen LogP contribution < -0.4 is 4.74 Å². The molecule has 1 fully saturated rings. The third-order valence-corrected chi connectivity index (χ3v) is 5.84. The molecule has 1 N–H and O–H groups in total. The van der Waals surface area contributed by atoms with E-state index in [0.717, 1.165) is 24.0 Å². The van der Waals surface area contributed by atoms with Gasteiger partial charge in [-0.1, -0.05) is 40.5 Å². The summed E-state index contributed by atoms with van der Waals surface area (Å²) in [6.07, 6.45) is 3.85. The van der Waals surface area contributed by atoms with Crippen molar-refractivity contribution in [2.45, 2.75) is 64.7 Å². The van der Waals surface area contributed by atoms with Crippen molar-refractivity contribution in [1.29, 1.82) is 0 Å². The maximum atomic E-state index is 12.3. The summed E-state index contributed by atoms with van der Waals surface area (Å²) < 4.78 is 5.66. The van der Waals surface area contributed by atoms with Gasteiger partial charge in [-0.2, -0.15) is 0 Å². The van der Waals surface area contributed by atoms with Crippen LogP contribution >= 0.6 is 0 Å². The van der Waals surface area contributed by atoms with Crippen molar-refractivity contribution in [1.82, 2.24) is 0 Å². The average Bonchev–Trinajstić information content (AvgIpc) is 2.54. The zero-order chi connectivity index (χ0) is 16.1. The standard InChI is InChI=1S/C19H26O3/c1-11(2)13-8-17-15(9-16(13)20)19(4)7-5-6-12(3)14(19)10-18(21)22-17/h8-9,11-12,14,20H,5-7,10H2,1-4H3. The molecule has 120 valence electrons. The van der Waals surface area contributed by atoms with Gasteiger partial charge in [0.05, 0.1) is 0 Å². The summed E-state index contributed by atoms with van der Waals surface area (Å²) >= 11 is 0. The van der Waals surface area contributed by atoms with E-state index in [9.17, 15) is 9.90 Å². The Kier molecular flexibility index (Phi) is 3.70. The number of aromatic hydroxyl groups is 1. The summed E-state index contributed by atoms with van der Waals surface area (Å²) in [5, 5.41) is 10.4. The Morgan fingerprint density at radius 3 is 2.77 bits per heavy atom. The number of carbonyl (C=O) groups excluding carboxylic acids is 1. The van der Waals surface area contributed by atoms with Crippen LogP contribution in [0.15, 0.2) is 12.1 Å². The molecule has 0 amide bonds. The molecule has 0 spiro atoms. The molecule has 2 aliphatic rings. The minimum Gasteiger partial charge on any atom is -0.508 e. The molecule has 0 bridgehead atoms. The smallest absolute Gasteiger partial charge is 0.311 e. The van der Waals surface area contributed by atoms with E-state index in [1.165, 1.54) is 6.42 Å². The predicted octanol–water partition coefficient (Wildman–Crippen LogP) is 4.52. The van der Waals surface area contributed by atoms with E-state index in [0.29, 0.717) is 29.8 Å². The van der Waals surface area contributed by atoms with Gasteiger partial charge in [-0.25, -0.2) is 0 Å². The Balaban J connectivity index is 2.18. The lowest BCUT2D eigenvalue weighted by Gasteiger charge is -2.44. The van der Waals surface area contributed by atoms with Gasteiger partial charge in [0.2, 0.25) is 0 Å². The van der Waals surface area contributed by atoms with Gasteiger partial charge in [-0.3, -0.25) is 4.79 Å². The largest absolute Gasteiger partial charge is 0.508 e. The van der Waals surface area contributed by atoms with Crippen molar-refractivity contribution in [2.75, 3.05) is 0 Å². The van der Waals surface area contributed by atoms with Crippen LogP contribution in [0.5, 0.6) is 11.5 Å². The molecule has 1 heterocycles. The Labute approximate surface area is 132 Å². The van der Waals surface area contributed by atoms with E-state index < -0.39 is 0 Å². The lowest BCUT2D eigenvalue weighted by molar-refractivity contribution is -0.136. The van der Waals surface area contributed by atoms with E-state index >= 15 is 0 Å². The SMILES string of the molecule is CC(C)c1cc2c(cc1O)C1(C)CCCC(C)C1CC(=O)O2. The Morgan fingerprint density at radius 1 is 1.36 bits per heavy atom. The van der Waals surface area contributed by atoms with Gasteiger partial charge in [-0.05, 0) is 41.7 Å². The molecule has 0 saturated heterocycles. The Bertz CT molecular complexity index is 605. The molecule has 3 nitrogen and oxygen atoms in total. The number of phenols is 1. The second-order valence-corrected chi connectivity index (χ2v) is 7.63. The third kappa shape index (κ3) is 2.31. The van der Waals surface area contributed by atoms with Gasteiger partial charge >= 0.3 is 5.97 Å². The van der Waals surface area contributed by atoms with Crippen LogP contribution in [0.1, 0.15) is 70.4 Å². The quantitative estimate of drug-likeness (QED) is 0.613. The second kappa shape index (κ2) is 5.29. The maximum absolute atomic E-state index is 12.3. The van der Waals surface area contributed by atoms with Crippen molar-refractivity contribution < 1.29 is 14.6 Å². The highest BCUT2D eigenvalue weighted by Crippen LogP contribution is 2.53. The zero-order valence-electron chi connectivity index (χ0n) is 14.0. The lowest BCUT2D eigenvalue weighted by atomic mass is 9.59.